The van der Waals surface area contributed by atoms with Crippen LogP contribution in [0.15, 0.2) is 53.7 Å². The van der Waals surface area contributed by atoms with E-state index in [0.717, 1.165) is 17.2 Å². The molecule has 2 heterocycles. The van der Waals surface area contributed by atoms with Crippen LogP contribution < -0.4 is 11.1 Å². The fourth-order valence-electron chi connectivity index (χ4n) is 1.98. The van der Waals surface area contributed by atoms with Gasteiger partial charge < -0.3 is 11.1 Å². The van der Waals surface area contributed by atoms with Gasteiger partial charge in [0.05, 0.1) is 0 Å². The number of nitrogens with one attached hydrogen (secondary N) is 1. The molecule has 0 aliphatic heterocycles. The quantitative estimate of drug-likeness (QED) is 0.567. The summed E-state index contributed by atoms with van der Waals surface area (Å²) in [5.74, 6) is 1.10. The zero-order valence-electron chi connectivity index (χ0n) is 11.7. The second kappa shape index (κ2) is 5.62. The molecule has 3 N–H and O–H groups in total. The highest BCUT2D eigenvalue weighted by Crippen LogP contribution is 2.08. The summed E-state index contributed by atoms with van der Waals surface area (Å²) in [6.07, 6.45) is 1.91. The summed E-state index contributed by atoms with van der Waals surface area (Å²) in [7, 11) is 0. The van der Waals surface area contributed by atoms with Crippen molar-refractivity contribution in [2.45, 2.75) is 13.5 Å². The molecule has 0 saturated heterocycles. The van der Waals surface area contributed by atoms with E-state index in [1.807, 2.05) is 60.0 Å². The summed E-state index contributed by atoms with van der Waals surface area (Å²) in [4.78, 5) is 4.29. The van der Waals surface area contributed by atoms with E-state index in [1.165, 1.54) is 5.56 Å². The monoisotopic (exact) mass is 280 g/mol. The molecule has 6 nitrogen and oxygen atoms in total. The molecule has 0 bridgehead atoms. The smallest absolute Gasteiger partial charge is 0.193 e. The van der Waals surface area contributed by atoms with Crippen LogP contribution in [0.2, 0.25) is 0 Å². The summed E-state index contributed by atoms with van der Waals surface area (Å²) in [5.41, 5.74) is 8.79. The van der Waals surface area contributed by atoms with Gasteiger partial charge in [0.1, 0.15) is 6.54 Å². The summed E-state index contributed by atoms with van der Waals surface area (Å²) in [5, 5.41) is 11.2. The Morgan fingerprint density at radius 1 is 1.19 bits per heavy atom. The van der Waals surface area contributed by atoms with Crippen molar-refractivity contribution in [1.29, 1.82) is 0 Å². The molecule has 0 atom stereocenters. The number of aliphatic imine (C=N–C) groups is 1. The Morgan fingerprint density at radius 2 is 2.00 bits per heavy atom. The van der Waals surface area contributed by atoms with Crippen LogP contribution in [0.3, 0.4) is 0 Å². The second-order valence-corrected chi connectivity index (χ2v) is 4.74. The number of rotatable bonds is 3. The molecule has 0 radical (unpaired) electrons. The Balaban J connectivity index is 1.71. The molecule has 0 saturated carbocycles. The normalized spacial score (nSPS) is 11.8. The van der Waals surface area contributed by atoms with E-state index in [9.17, 15) is 0 Å². The fraction of sp³-hybridized carbons (Fsp3) is 0.133. The van der Waals surface area contributed by atoms with Gasteiger partial charge >= 0.3 is 0 Å². The van der Waals surface area contributed by atoms with Crippen molar-refractivity contribution in [2.75, 3.05) is 5.32 Å². The minimum absolute atomic E-state index is 0.353. The van der Waals surface area contributed by atoms with Crippen molar-refractivity contribution >= 4 is 17.3 Å². The lowest BCUT2D eigenvalue weighted by Gasteiger charge is -2.05. The number of guanidine groups is 1. The highest BCUT2D eigenvalue weighted by molar-refractivity contribution is 5.92. The third-order valence-corrected chi connectivity index (χ3v) is 3.10. The number of hydrogen-bond donors (Lipinski definition) is 2. The van der Waals surface area contributed by atoms with Gasteiger partial charge in [0.15, 0.2) is 17.4 Å². The summed E-state index contributed by atoms with van der Waals surface area (Å²) >= 11 is 0. The van der Waals surface area contributed by atoms with Crippen molar-refractivity contribution in [3.05, 3.63) is 60.0 Å². The summed E-state index contributed by atoms with van der Waals surface area (Å²) in [6.45, 7) is 2.41. The third-order valence-electron chi connectivity index (χ3n) is 3.10. The first-order chi connectivity index (χ1) is 10.2. The van der Waals surface area contributed by atoms with Gasteiger partial charge in [0, 0.05) is 11.9 Å². The molecule has 3 rings (SSSR count). The first-order valence-corrected chi connectivity index (χ1v) is 6.64. The maximum Gasteiger partial charge on any atom is 0.193 e. The number of benzene rings is 1. The van der Waals surface area contributed by atoms with Gasteiger partial charge in [-0.05, 0) is 31.2 Å². The van der Waals surface area contributed by atoms with Crippen molar-refractivity contribution in [1.82, 2.24) is 14.6 Å². The van der Waals surface area contributed by atoms with Crippen LogP contribution in [0.1, 0.15) is 11.4 Å². The first-order valence-electron chi connectivity index (χ1n) is 6.64. The molecule has 0 aliphatic rings. The molecule has 6 heteroatoms. The van der Waals surface area contributed by atoms with E-state index < -0.39 is 0 Å². The van der Waals surface area contributed by atoms with Crippen molar-refractivity contribution < 1.29 is 0 Å². The number of hydrogen-bond acceptors (Lipinski definition) is 3. The Hall–Kier alpha value is -2.89. The molecule has 0 amide bonds. The van der Waals surface area contributed by atoms with Gasteiger partial charge in [0.25, 0.3) is 0 Å². The van der Waals surface area contributed by atoms with E-state index in [4.69, 9.17) is 5.73 Å². The van der Waals surface area contributed by atoms with E-state index in [2.05, 4.69) is 20.5 Å². The molecular formula is C15H16N6. The van der Waals surface area contributed by atoms with Crippen LogP contribution in [0.5, 0.6) is 0 Å². The maximum atomic E-state index is 5.89. The molecular weight excluding hydrogens is 264 g/mol. The lowest BCUT2D eigenvalue weighted by atomic mass is 10.2. The number of pyridine rings is 1. The van der Waals surface area contributed by atoms with Crippen LogP contribution in [0, 0.1) is 6.92 Å². The Kier molecular flexibility index (Phi) is 3.51. The minimum Gasteiger partial charge on any atom is -0.370 e. The van der Waals surface area contributed by atoms with E-state index in [0.29, 0.717) is 12.5 Å². The Morgan fingerprint density at radius 3 is 2.81 bits per heavy atom. The maximum absolute atomic E-state index is 5.89. The average molecular weight is 280 g/mol. The van der Waals surface area contributed by atoms with Gasteiger partial charge in [-0.1, -0.05) is 23.8 Å². The van der Waals surface area contributed by atoms with E-state index in [-0.39, 0.29) is 0 Å². The van der Waals surface area contributed by atoms with Gasteiger partial charge in [-0.15, -0.1) is 10.2 Å². The molecule has 0 aliphatic carbocycles. The lowest BCUT2D eigenvalue weighted by Crippen LogP contribution is -2.22. The molecule has 21 heavy (non-hydrogen) atoms. The highest BCUT2D eigenvalue weighted by Gasteiger charge is 2.03. The predicted molar refractivity (Wildman–Crippen MR) is 83.1 cm³/mol. The highest BCUT2D eigenvalue weighted by atomic mass is 15.3. The number of anilines is 1. The average Bonchev–Trinajstić information content (AvgIpc) is 2.91. The topological polar surface area (TPSA) is 80.6 Å². The molecule has 2 aromatic heterocycles. The van der Waals surface area contributed by atoms with Crippen LogP contribution in [0.25, 0.3) is 5.65 Å². The van der Waals surface area contributed by atoms with Gasteiger partial charge in [-0.3, -0.25) is 4.40 Å². The van der Waals surface area contributed by atoms with E-state index >= 15 is 0 Å². The first kappa shape index (κ1) is 13.1. The molecule has 1 aromatic carbocycles. The fourth-order valence-corrected chi connectivity index (χ4v) is 1.98. The molecule has 0 fully saturated rings. The number of nitrogens with zero attached hydrogens (tertiary/aromatic N) is 4. The van der Waals surface area contributed by atoms with Crippen LogP contribution in [-0.4, -0.2) is 20.6 Å². The van der Waals surface area contributed by atoms with Crippen molar-refractivity contribution in [3.63, 3.8) is 0 Å². The standard InChI is InChI=1S/C15H16N6/c1-11-5-7-12(8-6-11)18-15(16)17-10-14-20-19-13-4-2-3-9-21(13)14/h2-9H,10H2,1H3,(H3,16,17,18). The zero-order valence-corrected chi connectivity index (χ0v) is 11.7. The van der Waals surface area contributed by atoms with Crippen LogP contribution in [0.4, 0.5) is 5.69 Å². The number of fused-ring (bicyclic) bond motifs is 1. The number of aryl methyl sites for hydroxylation is 1. The molecule has 3 aromatic rings. The molecule has 0 spiro atoms. The van der Waals surface area contributed by atoms with Gasteiger partial charge in [0.2, 0.25) is 0 Å². The number of aromatic nitrogens is 3. The van der Waals surface area contributed by atoms with E-state index in [1.54, 1.807) is 0 Å². The zero-order chi connectivity index (χ0) is 14.7. The Labute approximate surface area is 122 Å². The van der Waals surface area contributed by atoms with Gasteiger partial charge in [-0.25, -0.2) is 4.99 Å². The third kappa shape index (κ3) is 3.00. The number of nitrogens with two attached hydrogens (primary N) is 1. The summed E-state index contributed by atoms with van der Waals surface area (Å²) < 4.78 is 1.89. The van der Waals surface area contributed by atoms with Crippen LogP contribution in [-0.2, 0) is 6.54 Å². The Bertz CT molecular complexity index is 772. The van der Waals surface area contributed by atoms with Gasteiger partial charge in [-0.2, -0.15) is 0 Å². The summed E-state index contributed by atoms with van der Waals surface area (Å²) in [6, 6.07) is 13.7. The largest absolute Gasteiger partial charge is 0.370 e. The van der Waals surface area contributed by atoms with Crippen LogP contribution >= 0.6 is 0 Å². The minimum atomic E-state index is 0.353. The van der Waals surface area contributed by atoms with Crippen molar-refractivity contribution in [2.24, 2.45) is 10.7 Å². The molecule has 0 unspecified atom stereocenters. The lowest BCUT2D eigenvalue weighted by molar-refractivity contribution is 0.881. The second-order valence-electron chi connectivity index (χ2n) is 4.74. The SMILES string of the molecule is Cc1ccc(NC(N)=NCc2nnc3ccccn23)cc1. The molecule has 106 valence electrons. The van der Waals surface area contributed by atoms with Crippen molar-refractivity contribution in [3.8, 4) is 0 Å². The predicted octanol–water partition coefficient (Wildman–Crippen LogP) is 1.96.